The van der Waals surface area contributed by atoms with Crippen molar-refractivity contribution >= 4 is 31.7 Å². The van der Waals surface area contributed by atoms with E-state index in [9.17, 15) is 13.2 Å². The van der Waals surface area contributed by atoms with Crippen LogP contribution < -0.4 is 5.32 Å². The first-order valence-corrected chi connectivity index (χ1v) is 8.73. The summed E-state index contributed by atoms with van der Waals surface area (Å²) < 4.78 is 23.5. The molecule has 1 aromatic heterocycles. The molecule has 1 N–H and O–H groups in total. The molecule has 0 saturated carbocycles. The minimum absolute atomic E-state index is 0.257. The third-order valence-corrected chi connectivity index (χ3v) is 4.36. The van der Waals surface area contributed by atoms with Crippen LogP contribution in [-0.4, -0.2) is 25.6 Å². The third kappa shape index (κ3) is 4.37. The number of halogens is 1. The summed E-state index contributed by atoms with van der Waals surface area (Å²) >= 11 is 3.25. The van der Waals surface area contributed by atoms with Crippen molar-refractivity contribution in [3.63, 3.8) is 0 Å². The Morgan fingerprint density at radius 3 is 2.38 bits per heavy atom. The molecule has 0 spiro atoms. The van der Waals surface area contributed by atoms with Crippen LogP contribution in [0, 0.1) is 0 Å². The maximum Gasteiger partial charge on any atom is 0.270 e. The number of pyridine rings is 1. The van der Waals surface area contributed by atoms with Gasteiger partial charge in [-0.25, -0.2) is 13.4 Å². The van der Waals surface area contributed by atoms with E-state index in [2.05, 4.69) is 26.2 Å². The fourth-order valence-electron chi connectivity index (χ4n) is 1.64. The van der Waals surface area contributed by atoms with E-state index in [0.29, 0.717) is 12.2 Å². The molecule has 2 rings (SSSR count). The lowest BCUT2D eigenvalue weighted by Gasteiger charge is -2.06. The van der Waals surface area contributed by atoms with E-state index in [1.54, 1.807) is 30.5 Å². The molecule has 0 saturated heterocycles. The number of nitrogens with zero attached hydrogens (tertiary/aromatic N) is 1. The number of benzene rings is 1. The zero-order chi connectivity index (χ0) is 15.5. The van der Waals surface area contributed by atoms with Gasteiger partial charge in [0, 0.05) is 23.5 Å². The molecule has 5 nitrogen and oxygen atoms in total. The highest BCUT2D eigenvalue weighted by atomic mass is 79.9. The molecular weight excluding hydrogens is 356 g/mol. The van der Waals surface area contributed by atoms with Crippen molar-refractivity contribution in [3.8, 4) is 0 Å². The largest absolute Gasteiger partial charge is 0.347 e. The lowest BCUT2D eigenvalue weighted by molar-refractivity contribution is 0.0946. The van der Waals surface area contributed by atoms with Gasteiger partial charge in [-0.15, -0.1) is 0 Å². The predicted octanol–water partition coefficient (Wildman–Crippen LogP) is 2.18. The third-order valence-electron chi connectivity index (χ3n) is 2.76. The van der Waals surface area contributed by atoms with E-state index in [1.807, 2.05) is 0 Å². The smallest absolute Gasteiger partial charge is 0.270 e. The Kier molecular flexibility index (Phi) is 4.74. The Balaban J connectivity index is 2.00. The molecule has 7 heteroatoms. The summed E-state index contributed by atoms with van der Waals surface area (Å²) in [4.78, 5) is 16.1. The Morgan fingerprint density at radius 2 is 1.86 bits per heavy atom. The van der Waals surface area contributed by atoms with E-state index in [1.165, 1.54) is 12.1 Å². The van der Waals surface area contributed by atoms with Crippen LogP contribution >= 0.6 is 15.9 Å². The number of amides is 1. The van der Waals surface area contributed by atoms with Crippen LogP contribution in [0.4, 0.5) is 0 Å². The van der Waals surface area contributed by atoms with E-state index in [4.69, 9.17) is 0 Å². The van der Waals surface area contributed by atoms with Crippen molar-refractivity contribution in [1.82, 2.24) is 10.3 Å². The molecular formula is C14H13BrN2O3S. The van der Waals surface area contributed by atoms with E-state index < -0.39 is 9.84 Å². The van der Waals surface area contributed by atoms with Gasteiger partial charge in [-0.2, -0.15) is 0 Å². The van der Waals surface area contributed by atoms with Gasteiger partial charge >= 0.3 is 0 Å². The first kappa shape index (κ1) is 15.7. The van der Waals surface area contributed by atoms with Crippen LogP contribution in [0.2, 0.25) is 0 Å². The zero-order valence-electron chi connectivity index (χ0n) is 11.2. The van der Waals surface area contributed by atoms with Crippen molar-refractivity contribution in [2.45, 2.75) is 11.4 Å². The van der Waals surface area contributed by atoms with Gasteiger partial charge in [-0.1, -0.05) is 12.1 Å². The summed E-state index contributed by atoms with van der Waals surface area (Å²) in [7, 11) is -3.20. The van der Waals surface area contributed by atoms with Crippen LogP contribution in [-0.2, 0) is 16.4 Å². The van der Waals surface area contributed by atoms with Crippen LogP contribution in [0.5, 0.6) is 0 Å². The molecule has 0 fully saturated rings. The molecule has 0 bridgehead atoms. The minimum atomic E-state index is -3.20. The maximum atomic E-state index is 11.9. The van der Waals surface area contributed by atoms with Crippen molar-refractivity contribution in [2.75, 3.05) is 6.26 Å². The molecule has 110 valence electrons. The van der Waals surface area contributed by atoms with Crippen molar-refractivity contribution in [1.29, 1.82) is 0 Å². The quantitative estimate of drug-likeness (QED) is 0.896. The monoisotopic (exact) mass is 368 g/mol. The predicted molar refractivity (Wildman–Crippen MR) is 82.7 cm³/mol. The van der Waals surface area contributed by atoms with Gasteiger partial charge < -0.3 is 5.32 Å². The van der Waals surface area contributed by atoms with Gasteiger partial charge in [0.05, 0.1) is 4.90 Å². The summed E-state index contributed by atoms with van der Waals surface area (Å²) in [6.07, 6.45) is 2.71. The van der Waals surface area contributed by atoms with Gasteiger partial charge in [-0.3, -0.25) is 4.79 Å². The summed E-state index contributed by atoms with van der Waals surface area (Å²) in [6, 6.07) is 9.75. The number of aromatic nitrogens is 1. The van der Waals surface area contributed by atoms with E-state index in [-0.39, 0.29) is 10.8 Å². The molecule has 0 aliphatic carbocycles. The summed E-state index contributed by atoms with van der Waals surface area (Å²) in [5.41, 5.74) is 1.14. The lowest BCUT2D eigenvalue weighted by Crippen LogP contribution is -2.23. The average molecular weight is 369 g/mol. The van der Waals surface area contributed by atoms with Crippen LogP contribution in [0.1, 0.15) is 16.1 Å². The molecule has 0 unspecified atom stereocenters. The van der Waals surface area contributed by atoms with Gasteiger partial charge in [0.2, 0.25) is 0 Å². The first-order valence-electron chi connectivity index (χ1n) is 6.05. The second kappa shape index (κ2) is 6.36. The van der Waals surface area contributed by atoms with Gasteiger partial charge in [-0.05, 0) is 45.8 Å². The zero-order valence-corrected chi connectivity index (χ0v) is 13.6. The van der Waals surface area contributed by atoms with E-state index >= 15 is 0 Å². The molecule has 0 atom stereocenters. The average Bonchev–Trinajstić information content (AvgIpc) is 2.45. The Bertz CT molecular complexity index is 741. The first-order chi connectivity index (χ1) is 9.86. The van der Waals surface area contributed by atoms with Crippen LogP contribution in [0.25, 0.3) is 0 Å². The second-order valence-electron chi connectivity index (χ2n) is 4.46. The Labute approximate surface area is 131 Å². The number of hydrogen-bond donors (Lipinski definition) is 1. The highest BCUT2D eigenvalue weighted by molar-refractivity contribution is 9.10. The van der Waals surface area contributed by atoms with Gasteiger partial charge in [0.1, 0.15) is 5.69 Å². The number of sulfone groups is 1. The lowest BCUT2D eigenvalue weighted by atomic mass is 10.2. The van der Waals surface area contributed by atoms with Crippen LogP contribution in [0.3, 0.4) is 0 Å². The Hall–Kier alpha value is -1.73. The molecule has 0 radical (unpaired) electrons. The molecule has 0 aliphatic heterocycles. The topological polar surface area (TPSA) is 76.1 Å². The van der Waals surface area contributed by atoms with Crippen molar-refractivity contribution in [3.05, 3.63) is 58.3 Å². The van der Waals surface area contributed by atoms with Crippen molar-refractivity contribution in [2.24, 2.45) is 0 Å². The second-order valence-corrected chi connectivity index (χ2v) is 7.39. The molecule has 1 heterocycles. The summed E-state index contributed by atoms with van der Waals surface area (Å²) in [5.74, 6) is -0.283. The molecule has 0 aliphatic rings. The standard InChI is InChI=1S/C14H13BrN2O3S/c1-21(19,20)12-5-2-10(3-6-12)8-17-14(18)13-7-4-11(15)9-16-13/h2-7,9H,8H2,1H3,(H,17,18). The fraction of sp³-hybridized carbons (Fsp3) is 0.143. The number of carbonyl (C=O) groups excluding carboxylic acids is 1. The highest BCUT2D eigenvalue weighted by Gasteiger charge is 2.08. The van der Waals surface area contributed by atoms with Crippen LogP contribution in [0.15, 0.2) is 52.0 Å². The summed E-state index contributed by atoms with van der Waals surface area (Å²) in [5, 5.41) is 2.73. The number of carbonyl (C=O) groups is 1. The molecule has 1 amide bonds. The Morgan fingerprint density at radius 1 is 1.19 bits per heavy atom. The summed E-state index contributed by atoms with van der Waals surface area (Å²) in [6.45, 7) is 0.306. The maximum absolute atomic E-state index is 11.9. The van der Waals surface area contributed by atoms with Gasteiger partial charge in [0.25, 0.3) is 5.91 Å². The minimum Gasteiger partial charge on any atom is -0.347 e. The van der Waals surface area contributed by atoms with Crippen molar-refractivity contribution < 1.29 is 13.2 Å². The fourth-order valence-corrected chi connectivity index (χ4v) is 2.50. The number of hydrogen-bond acceptors (Lipinski definition) is 4. The molecule has 2 aromatic rings. The van der Waals surface area contributed by atoms with Gasteiger partial charge in [0.15, 0.2) is 9.84 Å². The molecule has 1 aromatic carbocycles. The molecule has 21 heavy (non-hydrogen) atoms. The highest BCUT2D eigenvalue weighted by Crippen LogP contribution is 2.11. The SMILES string of the molecule is CS(=O)(=O)c1ccc(CNC(=O)c2ccc(Br)cn2)cc1. The number of rotatable bonds is 4. The normalized spacial score (nSPS) is 11.1. The van der Waals surface area contributed by atoms with E-state index in [0.717, 1.165) is 16.3 Å². The number of nitrogens with one attached hydrogen (secondary N) is 1.